The Hall–Kier alpha value is -4.27. The summed E-state index contributed by atoms with van der Waals surface area (Å²) in [6, 6.07) is 13.5. The van der Waals surface area contributed by atoms with Gasteiger partial charge < -0.3 is 9.73 Å². The van der Waals surface area contributed by atoms with Crippen molar-refractivity contribution < 1.29 is 19.1 Å². The molecule has 3 rings (SSSR count). The van der Waals surface area contributed by atoms with E-state index in [4.69, 9.17) is 4.42 Å². The molecule has 1 N–H and O–H groups in total. The molecular formula is C20H15N3O6. The maximum atomic E-state index is 12.1. The number of benzene rings is 2. The van der Waals surface area contributed by atoms with Gasteiger partial charge in [0.25, 0.3) is 11.4 Å². The van der Waals surface area contributed by atoms with Crippen LogP contribution in [0.4, 0.5) is 17.1 Å². The molecule has 0 saturated carbocycles. The predicted molar refractivity (Wildman–Crippen MR) is 106 cm³/mol. The van der Waals surface area contributed by atoms with Gasteiger partial charge in [0.15, 0.2) is 0 Å². The van der Waals surface area contributed by atoms with Gasteiger partial charge in [-0.3, -0.25) is 25.0 Å². The van der Waals surface area contributed by atoms with E-state index in [2.05, 4.69) is 5.32 Å². The van der Waals surface area contributed by atoms with E-state index in [9.17, 15) is 25.0 Å². The number of hydrogen-bond acceptors (Lipinski definition) is 6. The molecule has 0 aliphatic heterocycles. The van der Waals surface area contributed by atoms with Gasteiger partial charge in [0.1, 0.15) is 11.5 Å². The molecule has 0 aliphatic rings. The minimum atomic E-state index is -0.544. The summed E-state index contributed by atoms with van der Waals surface area (Å²) in [6.45, 7) is 1.72. The Labute approximate surface area is 164 Å². The average Bonchev–Trinajstić information content (AvgIpc) is 3.17. The zero-order chi connectivity index (χ0) is 21.0. The summed E-state index contributed by atoms with van der Waals surface area (Å²) in [5.41, 5.74) is 1.11. The van der Waals surface area contributed by atoms with Crippen LogP contribution in [0.25, 0.3) is 17.4 Å². The number of furan rings is 1. The van der Waals surface area contributed by atoms with E-state index in [-0.39, 0.29) is 11.4 Å². The van der Waals surface area contributed by atoms with Crippen LogP contribution in [0.5, 0.6) is 0 Å². The number of amides is 1. The van der Waals surface area contributed by atoms with Crippen LogP contribution in [-0.2, 0) is 4.79 Å². The minimum absolute atomic E-state index is 0.0868. The SMILES string of the molecule is Cc1ccc([N+](=O)[O-])cc1NC(=O)/C=C/c1ccc(-c2ccccc2[N+](=O)[O-])o1. The second-order valence-corrected chi connectivity index (χ2v) is 6.06. The molecule has 0 atom stereocenters. The Morgan fingerprint density at radius 2 is 1.79 bits per heavy atom. The van der Waals surface area contributed by atoms with Crippen LogP contribution in [0, 0.1) is 27.2 Å². The number of hydrogen-bond donors (Lipinski definition) is 1. The fourth-order valence-corrected chi connectivity index (χ4v) is 2.62. The van der Waals surface area contributed by atoms with Crippen LogP contribution < -0.4 is 5.32 Å². The normalized spacial score (nSPS) is 10.8. The molecule has 0 unspecified atom stereocenters. The van der Waals surface area contributed by atoms with Gasteiger partial charge in [-0.2, -0.15) is 0 Å². The number of carbonyl (C=O) groups excluding carboxylic acids is 1. The summed E-state index contributed by atoms with van der Waals surface area (Å²) in [5, 5.41) is 24.6. The van der Waals surface area contributed by atoms with Crippen molar-refractivity contribution in [3.05, 3.63) is 92.2 Å². The molecule has 9 nitrogen and oxygen atoms in total. The van der Waals surface area contributed by atoms with Crippen molar-refractivity contribution in [1.29, 1.82) is 0 Å². The van der Waals surface area contributed by atoms with Crippen molar-refractivity contribution in [1.82, 2.24) is 0 Å². The smallest absolute Gasteiger partial charge is 0.280 e. The second kappa shape index (κ2) is 8.17. The van der Waals surface area contributed by atoms with Crippen molar-refractivity contribution in [3.63, 3.8) is 0 Å². The largest absolute Gasteiger partial charge is 0.456 e. The van der Waals surface area contributed by atoms with Crippen LogP contribution in [0.15, 0.2) is 65.1 Å². The van der Waals surface area contributed by atoms with E-state index in [1.807, 2.05) is 0 Å². The first-order chi connectivity index (χ1) is 13.8. The third-order valence-corrected chi connectivity index (χ3v) is 4.08. The maximum Gasteiger partial charge on any atom is 0.280 e. The fourth-order valence-electron chi connectivity index (χ4n) is 2.62. The molecule has 0 radical (unpaired) electrons. The first kappa shape index (κ1) is 19.5. The average molecular weight is 393 g/mol. The quantitative estimate of drug-likeness (QED) is 0.366. The van der Waals surface area contributed by atoms with Gasteiger partial charge in [0.2, 0.25) is 5.91 Å². The number of rotatable bonds is 6. The van der Waals surface area contributed by atoms with Crippen LogP contribution >= 0.6 is 0 Å². The fraction of sp³-hybridized carbons (Fsp3) is 0.0500. The molecule has 0 aliphatic carbocycles. The lowest BCUT2D eigenvalue weighted by Gasteiger charge is -2.05. The second-order valence-electron chi connectivity index (χ2n) is 6.06. The number of nitrogens with one attached hydrogen (secondary N) is 1. The number of nitro benzene ring substituents is 2. The highest BCUT2D eigenvalue weighted by molar-refractivity contribution is 6.02. The standard InChI is InChI=1S/C20H15N3O6/c1-13-6-7-14(22(25)26)12-17(13)21-20(24)11-9-15-8-10-19(29-15)16-4-2-3-5-18(16)23(27)28/h2-12H,1H3,(H,21,24)/b11-9+. The highest BCUT2D eigenvalue weighted by Crippen LogP contribution is 2.31. The number of non-ortho nitro benzene ring substituents is 1. The lowest BCUT2D eigenvalue weighted by atomic mass is 10.1. The van der Waals surface area contributed by atoms with E-state index >= 15 is 0 Å². The van der Waals surface area contributed by atoms with Gasteiger partial charge in [-0.15, -0.1) is 0 Å². The van der Waals surface area contributed by atoms with Crippen LogP contribution in [0.3, 0.4) is 0 Å². The molecule has 0 saturated heterocycles. The van der Waals surface area contributed by atoms with Gasteiger partial charge in [0, 0.05) is 24.3 Å². The molecule has 3 aromatic rings. The molecule has 2 aromatic carbocycles. The number of carbonyl (C=O) groups is 1. The number of anilines is 1. The molecule has 0 spiro atoms. The number of aryl methyl sites for hydroxylation is 1. The van der Waals surface area contributed by atoms with E-state index in [0.717, 1.165) is 0 Å². The van der Waals surface area contributed by atoms with Gasteiger partial charge in [-0.05, 0) is 36.8 Å². The molecule has 146 valence electrons. The highest BCUT2D eigenvalue weighted by atomic mass is 16.6. The van der Waals surface area contributed by atoms with Crippen molar-refractivity contribution in [2.24, 2.45) is 0 Å². The molecule has 1 amide bonds. The molecule has 1 heterocycles. The molecule has 0 bridgehead atoms. The zero-order valence-corrected chi connectivity index (χ0v) is 15.2. The van der Waals surface area contributed by atoms with E-state index in [1.165, 1.54) is 30.4 Å². The third kappa shape index (κ3) is 4.53. The topological polar surface area (TPSA) is 129 Å². The first-order valence-electron chi connectivity index (χ1n) is 8.43. The number of nitrogens with zero attached hydrogens (tertiary/aromatic N) is 2. The minimum Gasteiger partial charge on any atom is -0.456 e. The Morgan fingerprint density at radius 1 is 1.03 bits per heavy atom. The van der Waals surface area contributed by atoms with E-state index in [1.54, 1.807) is 43.3 Å². The van der Waals surface area contributed by atoms with E-state index < -0.39 is 15.8 Å². The first-order valence-corrected chi connectivity index (χ1v) is 8.43. The Morgan fingerprint density at radius 3 is 2.52 bits per heavy atom. The Balaban J connectivity index is 1.75. The summed E-state index contributed by atoms with van der Waals surface area (Å²) >= 11 is 0. The summed E-state index contributed by atoms with van der Waals surface area (Å²) in [5.74, 6) is 0.119. The highest BCUT2D eigenvalue weighted by Gasteiger charge is 2.17. The predicted octanol–water partition coefficient (Wildman–Crippen LogP) is 4.72. The van der Waals surface area contributed by atoms with Crippen molar-refractivity contribution >= 4 is 29.0 Å². The molecular weight excluding hydrogens is 378 g/mol. The van der Waals surface area contributed by atoms with E-state index in [0.29, 0.717) is 28.3 Å². The number of nitro groups is 2. The van der Waals surface area contributed by atoms with Crippen LogP contribution in [-0.4, -0.2) is 15.8 Å². The van der Waals surface area contributed by atoms with Gasteiger partial charge in [0.05, 0.1) is 21.1 Å². The molecule has 1 aromatic heterocycles. The summed E-state index contributed by atoms with van der Waals surface area (Å²) in [7, 11) is 0. The Kier molecular flexibility index (Phi) is 5.49. The number of para-hydroxylation sites is 1. The van der Waals surface area contributed by atoms with Gasteiger partial charge in [-0.25, -0.2) is 0 Å². The molecule has 29 heavy (non-hydrogen) atoms. The van der Waals surface area contributed by atoms with Crippen LogP contribution in [0.2, 0.25) is 0 Å². The third-order valence-electron chi connectivity index (χ3n) is 4.08. The molecule has 0 fully saturated rings. The summed E-state index contributed by atoms with van der Waals surface area (Å²) < 4.78 is 5.57. The Bertz CT molecular complexity index is 1130. The zero-order valence-electron chi connectivity index (χ0n) is 15.2. The lowest BCUT2D eigenvalue weighted by Crippen LogP contribution is -2.09. The summed E-state index contributed by atoms with van der Waals surface area (Å²) in [4.78, 5) is 33.1. The monoisotopic (exact) mass is 393 g/mol. The van der Waals surface area contributed by atoms with Gasteiger partial charge in [-0.1, -0.05) is 18.2 Å². The van der Waals surface area contributed by atoms with Crippen molar-refractivity contribution in [3.8, 4) is 11.3 Å². The maximum absolute atomic E-state index is 12.1. The molecule has 9 heteroatoms. The summed E-state index contributed by atoms with van der Waals surface area (Å²) in [6.07, 6.45) is 2.61. The lowest BCUT2D eigenvalue weighted by molar-refractivity contribution is -0.384. The van der Waals surface area contributed by atoms with Gasteiger partial charge >= 0.3 is 0 Å². The van der Waals surface area contributed by atoms with Crippen molar-refractivity contribution in [2.75, 3.05) is 5.32 Å². The van der Waals surface area contributed by atoms with Crippen molar-refractivity contribution in [2.45, 2.75) is 6.92 Å². The van der Waals surface area contributed by atoms with Crippen LogP contribution in [0.1, 0.15) is 11.3 Å².